The van der Waals surface area contributed by atoms with Crippen molar-refractivity contribution >= 4 is 23.0 Å². The Morgan fingerprint density at radius 2 is 1.90 bits per heavy atom. The van der Waals surface area contributed by atoms with Gasteiger partial charge in [0, 0.05) is 23.2 Å². The van der Waals surface area contributed by atoms with Gasteiger partial charge in [0.1, 0.15) is 16.6 Å². The van der Waals surface area contributed by atoms with E-state index < -0.39 is 0 Å². The van der Waals surface area contributed by atoms with Gasteiger partial charge in [0.2, 0.25) is 0 Å². The first-order valence-electron chi connectivity index (χ1n) is 6.38. The molecular formula is C14H14N6S. The van der Waals surface area contributed by atoms with E-state index in [4.69, 9.17) is 5.84 Å². The van der Waals surface area contributed by atoms with Crippen LogP contribution in [0.5, 0.6) is 0 Å². The molecule has 1 aromatic carbocycles. The summed E-state index contributed by atoms with van der Waals surface area (Å²) in [5.41, 5.74) is 3.50. The van der Waals surface area contributed by atoms with Crippen molar-refractivity contribution in [3.63, 3.8) is 0 Å². The van der Waals surface area contributed by atoms with Gasteiger partial charge in [-0.15, -0.1) is 11.3 Å². The fourth-order valence-electron chi connectivity index (χ4n) is 1.83. The number of hydrogen-bond donors (Lipinski definition) is 3. The molecule has 21 heavy (non-hydrogen) atoms. The van der Waals surface area contributed by atoms with Crippen LogP contribution in [-0.2, 0) is 6.54 Å². The third-order valence-electron chi connectivity index (χ3n) is 2.81. The zero-order valence-electron chi connectivity index (χ0n) is 11.2. The first-order valence-corrected chi connectivity index (χ1v) is 7.26. The van der Waals surface area contributed by atoms with Crippen LogP contribution in [-0.4, -0.2) is 15.0 Å². The third-order valence-corrected chi connectivity index (χ3v) is 3.59. The molecule has 0 aliphatic rings. The number of hydrazine groups is 1. The number of thiazole rings is 1. The summed E-state index contributed by atoms with van der Waals surface area (Å²) in [5.74, 6) is 7.36. The van der Waals surface area contributed by atoms with Crippen LogP contribution in [0, 0.1) is 0 Å². The van der Waals surface area contributed by atoms with E-state index in [1.165, 1.54) is 0 Å². The summed E-state index contributed by atoms with van der Waals surface area (Å²) in [6.07, 6.45) is 1.78. The second kappa shape index (κ2) is 6.29. The van der Waals surface area contributed by atoms with Gasteiger partial charge >= 0.3 is 0 Å². The minimum atomic E-state index is 0.561. The molecule has 3 rings (SSSR count). The molecule has 6 nitrogen and oxygen atoms in total. The van der Waals surface area contributed by atoms with Crippen molar-refractivity contribution in [1.29, 1.82) is 0 Å². The molecule has 4 N–H and O–H groups in total. The molecule has 106 valence electrons. The number of nitrogen functional groups attached to an aromatic ring is 1. The summed E-state index contributed by atoms with van der Waals surface area (Å²) in [5, 5.41) is 6.17. The maximum Gasteiger partial charge on any atom is 0.163 e. The lowest BCUT2D eigenvalue weighted by molar-refractivity contribution is 1.06. The summed E-state index contributed by atoms with van der Waals surface area (Å²) in [6, 6.07) is 11.5. The molecule has 0 bridgehead atoms. The second-order valence-corrected chi connectivity index (χ2v) is 5.23. The molecule has 0 amide bonds. The van der Waals surface area contributed by atoms with Crippen LogP contribution >= 0.6 is 11.3 Å². The lowest BCUT2D eigenvalue weighted by Gasteiger charge is -2.09. The van der Waals surface area contributed by atoms with Crippen molar-refractivity contribution < 1.29 is 0 Å². The number of nitrogens with two attached hydrogens (primary N) is 1. The van der Waals surface area contributed by atoms with Crippen molar-refractivity contribution in [2.75, 3.05) is 10.7 Å². The third kappa shape index (κ3) is 3.33. The number of aromatic nitrogens is 3. The summed E-state index contributed by atoms with van der Waals surface area (Å²) < 4.78 is 0. The maximum atomic E-state index is 5.48. The Balaban J connectivity index is 1.86. The fraction of sp³-hybridized carbons (Fsp3) is 0.0714. The highest BCUT2D eigenvalue weighted by atomic mass is 32.1. The molecule has 0 aliphatic carbocycles. The quantitative estimate of drug-likeness (QED) is 0.495. The van der Waals surface area contributed by atoms with E-state index in [2.05, 4.69) is 25.7 Å². The van der Waals surface area contributed by atoms with Gasteiger partial charge in [-0.2, -0.15) is 0 Å². The van der Waals surface area contributed by atoms with E-state index in [0.29, 0.717) is 24.0 Å². The van der Waals surface area contributed by atoms with Crippen LogP contribution in [0.1, 0.15) is 5.01 Å². The molecule has 0 saturated heterocycles. The molecule has 0 saturated carbocycles. The van der Waals surface area contributed by atoms with Crippen LogP contribution in [0.25, 0.3) is 11.4 Å². The Bertz CT molecular complexity index is 699. The molecule has 0 aliphatic heterocycles. The number of hydrogen-bond acceptors (Lipinski definition) is 7. The van der Waals surface area contributed by atoms with E-state index in [9.17, 15) is 0 Å². The number of anilines is 2. The minimum Gasteiger partial charge on any atom is -0.363 e. The van der Waals surface area contributed by atoms with Gasteiger partial charge in [0.25, 0.3) is 0 Å². The van der Waals surface area contributed by atoms with Gasteiger partial charge in [-0.3, -0.25) is 0 Å². The lowest BCUT2D eigenvalue weighted by Crippen LogP contribution is -2.11. The topological polar surface area (TPSA) is 88.8 Å². The summed E-state index contributed by atoms with van der Waals surface area (Å²) in [7, 11) is 0. The molecule has 0 spiro atoms. The van der Waals surface area contributed by atoms with Gasteiger partial charge in [-0.05, 0) is 0 Å². The summed E-state index contributed by atoms with van der Waals surface area (Å²) >= 11 is 1.60. The van der Waals surface area contributed by atoms with Crippen molar-refractivity contribution in [1.82, 2.24) is 15.0 Å². The monoisotopic (exact) mass is 298 g/mol. The van der Waals surface area contributed by atoms with Crippen LogP contribution in [0.15, 0.2) is 48.0 Å². The van der Waals surface area contributed by atoms with Crippen LogP contribution in [0.4, 0.5) is 11.6 Å². The van der Waals surface area contributed by atoms with E-state index in [-0.39, 0.29) is 0 Å². The van der Waals surface area contributed by atoms with E-state index in [0.717, 1.165) is 10.6 Å². The summed E-state index contributed by atoms with van der Waals surface area (Å²) in [4.78, 5) is 13.1. The normalized spacial score (nSPS) is 10.3. The number of rotatable bonds is 5. The molecular weight excluding hydrogens is 284 g/mol. The first kappa shape index (κ1) is 13.5. The second-order valence-electron chi connectivity index (χ2n) is 4.25. The molecule has 2 heterocycles. The predicted molar refractivity (Wildman–Crippen MR) is 84.7 cm³/mol. The van der Waals surface area contributed by atoms with E-state index in [1.54, 1.807) is 23.6 Å². The number of nitrogens with one attached hydrogen (secondary N) is 2. The average Bonchev–Trinajstić information content (AvgIpc) is 3.07. The standard InChI is InChI=1S/C14H14N6S/c15-20-12-8-11(17-9-13-16-6-7-21-13)18-14(19-12)10-4-2-1-3-5-10/h1-8H,9,15H2,(H2,17,18,19,20). The Kier molecular flexibility index (Phi) is 4.04. The van der Waals surface area contributed by atoms with Crippen molar-refractivity contribution in [2.24, 2.45) is 5.84 Å². The zero-order chi connectivity index (χ0) is 14.5. The molecule has 7 heteroatoms. The Labute approximate surface area is 126 Å². The number of nitrogens with zero attached hydrogens (tertiary/aromatic N) is 3. The lowest BCUT2D eigenvalue weighted by atomic mass is 10.2. The van der Waals surface area contributed by atoms with Crippen LogP contribution in [0.3, 0.4) is 0 Å². The van der Waals surface area contributed by atoms with Gasteiger partial charge in [-0.25, -0.2) is 20.8 Å². The highest BCUT2D eigenvalue weighted by molar-refractivity contribution is 7.09. The van der Waals surface area contributed by atoms with Gasteiger partial charge < -0.3 is 10.7 Å². The fourth-order valence-corrected chi connectivity index (χ4v) is 2.39. The maximum absolute atomic E-state index is 5.48. The Morgan fingerprint density at radius 3 is 2.62 bits per heavy atom. The van der Waals surface area contributed by atoms with Crippen LogP contribution < -0.4 is 16.6 Å². The minimum absolute atomic E-state index is 0.561. The molecule has 0 radical (unpaired) electrons. The molecule has 0 unspecified atom stereocenters. The first-order chi connectivity index (χ1) is 10.3. The number of benzene rings is 1. The SMILES string of the molecule is NNc1cc(NCc2nccs2)nc(-c2ccccc2)n1. The molecule has 0 fully saturated rings. The van der Waals surface area contributed by atoms with E-state index >= 15 is 0 Å². The van der Waals surface area contributed by atoms with Gasteiger partial charge in [0.05, 0.1) is 6.54 Å². The predicted octanol–water partition coefficient (Wildman–Crippen LogP) is 2.50. The highest BCUT2D eigenvalue weighted by Gasteiger charge is 2.06. The van der Waals surface area contributed by atoms with Gasteiger partial charge in [-0.1, -0.05) is 30.3 Å². The van der Waals surface area contributed by atoms with Crippen molar-refractivity contribution in [3.05, 3.63) is 53.0 Å². The smallest absolute Gasteiger partial charge is 0.163 e. The van der Waals surface area contributed by atoms with Gasteiger partial charge in [0.15, 0.2) is 5.82 Å². The molecule has 0 atom stereocenters. The zero-order valence-corrected chi connectivity index (χ0v) is 12.0. The van der Waals surface area contributed by atoms with E-state index in [1.807, 2.05) is 35.7 Å². The molecule has 2 aromatic heterocycles. The molecule has 3 aromatic rings. The Hall–Kier alpha value is -2.51. The average molecular weight is 298 g/mol. The highest BCUT2D eigenvalue weighted by Crippen LogP contribution is 2.20. The van der Waals surface area contributed by atoms with Crippen molar-refractivity contribution in [2.45, 2.75) is 6.54 Å². The van der Waals surface area contributed by atoms with Crippen LogP contribution in [0.2, 0.25) is 0 Å². The Morgan fingerprint density at radius 1 is 1.10 bits per heavy atom. The van der Waals surface area contributed by atoms with Crippen molar-refractivity contribution in [3.8, 4) is 11.4 Å². The largest absolute Gasteiger partial charge is 0.363 e. The summed E-state index contributed by atoms with van der Waals surface area (Å²) in [6.45, 7) is 0.618.